The minimum absolute atomic E-state index is 0.109. The number of hydrogen-bond acceptors (Lipinski definition) is 24. The minimum atomic E-state index is -5.11. The third-order valence-electron chi connectivity index (χ3n) is 10.3. The number of nitrogens with zero attached hydrogens (tertiary/aromatic N) is 6. The molecule has 6 rings (SSSR count). The molecule has 0 aliphatic heterocycles. The maximum Gasteiger partial charge on any atom is 0.296 e. The molecule has 0 saturated heterocycles. The summed E-state index contributed by atoms with van der Waals surface area (Å²) < 4.78 is 207. The average Bonchev–Trinajstić information content (AvgIpc) is 3.29. The molecule has 36 heteroatoms. The van der Waals surface area contributed by atoms with Gasteiger partial charge in [0.2, 0.25) is 35.7 Å². The zero-order valence-corrected chi connectivity index (χ0v) is 44.3. The zero-order valence-electron chi connectivity index (χ0n) is 39.4. The first-order chi connectivity index (χ1) is 35.1. The second kappa shape index (κ2) is 22.2. The predicted octanol–water partition coefficient (Wildman–Crippen LogP) is 5.10. The van der Waals surface area contributed by atoms with Gasteiger partial charge in [-0.15, -0.1) is 0 Å². The van der Waals surface area contributed by atoms with Gasteiger partial charge in [0.25, 0.3) is 60.7 Å². The van der Waals surface area contributed by atoms with Crippen molar-refractivity contribution in [2.45, 2.75) is 82.0 Å². The van der Waals surface area contributed by atoms with Crippen molar-refractivity contribution in [1.29, 1.82) is 0 Å². The molecule has 2 aromatic heterocycles. The first-order valence-corrected chi connectivity index (χ1v) is 30.0. The Bertz CT molecular complexity index is 3730. The van der Waals surface area contributed by atoms with Crippen molar-refractivity contribution in [3.63, 3.8) is 0 Å². The number of nitrogens with one attached hydrogen (secondary N) is 6. The van der Waals surface area contributed by atoms with Crippen LogP contribution in [0.2, 0.25) is 0 Å². The Morgan fingerprint density at radius 1 is 0.395 bits per heavy atom. The lowest BCUT2D eigenvalue weighted by Gasteiger charge is -2.16. The van der Waals surface area contributed by atoms with Crippen LogP contribution in [0.3, 0.4) is 0 Å². The molecule has 0 aliphatic carbocycles. The van der Waals surface area contributed by atoms with E-state index >= 15 is 0 Å². The third kappa shape index (κ3) is 15.3. The fourth-order valence-electron chi connectivity index (χ4n) is 6.36. The van der Waals surface area contributed by atoms with Gasteiger partial charge in [0, 0.05) is 23.5 Å². The zero-order chi connectivity index (χ0) is 56.3. The molecular weight excluding hydrogens is 1130 g/mol. The second-order valence-electron chi connectivity index (χ2n) is 16.0. The molecule has 0 radical (unpaired) electrons. The number of rotatable bonds is 22. The Kier molecular flexibility index (Phi) is 17.0. The van der Waals surface area contributed by atoms with E-state index in [1.165, 1.54) is 12.1 Å². The highest BCUT2D eigenvalue weighted by Crippen LogP contribution is 2.32. The maximum atomic E-state index is 12.8. The molecule has 0 bridgehead atoms. The second-order valence-corrected chi connectivity index (χ2v) is 24.4. The number of anilines is 10. The fourth-order valence-corrected chi connectivity index (χ4v) is 10.0. The topological polar surface area (TPSA) is 476 Å². The van der Waals surface area contributed by atoms with Crippen LogP contribution >= 0.6 is 0 Å². The van der Waals surface area contributed by atoms with E-state index in [4.69, 9.17) is 0 Å². The van der Waals surface area contributed by atoms with Gasteiger partial charge in [-0.1, -0.05) is 38.1 Å². The summed E-state index contributed by atoms with van der Waals surface area (Å²) >= 11 is 0. The number of benzene rings is 4. The van der Waals surface area contributed by atoms with E-state index < -0.39 is 113 Å². The molecule has 76 heavy (non-hydrogen) atoms. The molecule has 0 aliphatic rings. The smallest absolute Gasteiger partial charge is 0.296 e. The molecular formula is C40H44N12O18S6. The van der Waals surface area contributed by atoms with Crippen molar-refractivity contribution in [1.82, 2.24) is 29.9 Å². The number of hydrogen-bond donors (Lipinski definition) is 12. The summed E-state index contributed by atoms with van der Waals surface area (Å²) in [7, 11) is -30.0. The van der Waals surface area contributed by atoms with E-state index in [1.54, 1.807) is 13.8 Å². The summed E-state index contributed by atoms with van der Waals surface area (Å²) in [6, 6.07) is 10.3. The standard InChI is InChI=1S/C40H44N12O18S6/c1-5-21(3)41-35-47-37(51-39(49-35)45-29-19-27(71(53,54)55)13-15-31(29)73(59,60)61)43-25-11-9-23(33(17-25)75(65,66)67)7-8-24-10-12-26(18-34(24)76(68,69)70)44-38-48-36(42-22(4)6-2)50-40(52-38)46-30-20-28(72(56,57)58)14-16-32(30)74(62,63)64/h7-22H,5-6H2,1-4H3,(H,53,54,55)(H,56,57,58)(H,59,60,61)(H,62,63,64)(H,65,66,67)(H,68,69,70)(H3,41,43,45,47,49,51)(H3,42,44,46,48,50,52)/b8-7+. The summed E-state index contributed by atoms with van der Waals surface area (Å²) in [6.45, 7) is 7.12. The van der Waals surface area contributed by atoms with Crippen molar-refractivity contribution in [2.24, 2.45) is 0 Å². The largest absolute Gasteiger partial charge is 0.352 e. The summed E-state index contributed by atoms with van der Waals surface area (Å²) in [5, 5.41) is 16.2. The summed E-state index contributed by atoms with van der Waals surface area (Å²) in [4.78, 5) is 20.3. The molecule has 2 unspecified atom stereocenters. The van der Waals surface area contributed by atoms with E-state index in [2.05, 4.69) is 61.8 Å². The quantitative estimate of drug-likeness (QED) is 0.0310. The summed E-state index contributed by atoms with van der Waals surface area (Å²) in [5.41, 5.74) is -1.90. The highest BCUT2D eigenvalue weighted by atomic mass is 32.2. The van der Waals surface area contributed by atoms with E-state index in [9.17, 15) is 77.8 Å². The van der Waals surface area contributed by atoms with Crippen molar-refractivity contribution in [3.8, 4) is 0 Å². The highest BCUT2D eigenvalue weighted by molar-refractivity contribution is 7.87. The van der Waals surface area contributed by atoms with E-state index in [0.717, 1.165) is 36.4 Å². The van der Waals surface area contributed by atoms with E-state index in [0.29, 0.717) is 49.2 Å². The van der Waals surface area contributed by atoms with Crippen LogP contribution in [0.15, 0.2) is 102 Å². The molecule has 4 aromatic carbocycles. The van der Waals surface area contributed by atoms with Crippen LogP contribution in [0, 0.1) is 0 Å². The van der Waals surface area contributed by atoms with E-state index in [1.807, 2.05) is 13.8 Å². The van der Waals surface area contributed by atoms with Crippen LogP contribution < -0.4 is 31.9 Å². The third-order valence-corrected chi connectivity index (χ3v) is 15.7. The van der Waals surface area contributed by atoms with Crippen LogP contribution in [0.4, 0.5) is 58.4 Å². The van der Waals surface area contributed by atoms with Gasteiger partial charge in [0.05, 0.1) is 21.2 Å². The number of aromatic nitrogens is 6. The van der Waals surface area contributed by atoms with E-state index in [-0.39, 0.29) is 58.4 Å². The Morgan fingerprint density at radius 3 is 0.987 bits per heavy atom. The highest BCUT2D eigenvalue weighted by Gasteiger charge is 2.25. The van der Waals surface area contributed by atoms with Crippen molar-refractivity contribution in [2.75, 3.05) is 31.9 Å². The Balaban J connectivity index is 1.34. The predicted molar refractivity (Wildman–Crippen MR) is 273 cm³/mol. The molecule has 0 fully saturated rings. The first kappa shape index (κ1) is 58.2. The van der Waals surface area contributed by atoms with Gasteiger partial charge in [0.1, 0.15) is 19.6 Å². The van der Waals surface area contributed by atoms with Gasteiger partial charge >= 0.3 is 0 Å². The molecule has 6 aromatic rings. The van der Waals surface area contributed by atoms with Crippen LogP contribution in [0.1, 0.15) is 51.7 Å². The molecule has 12 N–H and O–H groups in total. The van der Waals surface area contributed by atoms with Gasteiger partial charge in [0.15, 0.2) is 0 Å². The van der Waals surface area contributed by atoms with Crippen LogP contribution in [-0.2, 0) is 60.7 Å². The molecule has 2 heterocycles. The fraction of sp³-hybridized carbons (Fsp3) is 0.200. The Hall–Kier alpha value is -7.10. The molecule has 30 nitrogen and oxygen atoms in total. The van der Waals surface area contributed by atoms with Crippen LogP contribution in [0.5, 0.6) is 0 Å². The van der Waals surface area contributed by atoms with Gasteiger partial charge in [-0.3, -0.25) is 27.3 Å². The molecule has 0 saturated carbocycles. The van der Waals surface area contributed by atoms with Crippen molar-refractivity contribution < 1.29 is 77.8 Å². The normalized spacial score (nSPS) is 13.4. The minimum Gasteiger partial charge on any atom is -0.352 e. The van der Waals surface area contributed by atoms with Crippen molar-refractivity contribution >= 4 is 131 Å². The van der Waals surface area contributed by atoms with Gasteiger partial charge in [-0.05, 0) is 98.5 Å². The van der Waals surface area contributed by atoms with Gasteiger partial charge in [-0.2, -0.15) is 80.4 Å². The first-order valence-electron chi connectivity index (χ1n) is 21.3. The maximum absolute atomic E-state index is 12.8. The monoisotopic (exact) mass is 1170 g/mol. The lowest BCUT2D eigenvalue weighted by atomic mass is 10.1. The molecule has 0 spiro atoms. The van der Waals surface area contributed by atoms with Crippen molar-refractivity contribution in [3.05, 3.63) is 83.9 Å². The summed E-state index contributed by atoms with van der Waals surface area (Å²) in [6.07, 6.45) is 3.22. The van der Waals surface area contributed by atoms with Crippen LogP contribution in [0.25, 0.3) is 12.2 Å². The Labute approximate surface area is 434 Å². The van der Waals surface area contributed by atoms with Gasteiger partial charge in [-0.25, -0.2) is 0 Å². The average molecular weight is 1170 g/mol. The Morgan fingerprint density at radius 2 is 0.697 bits per heavy atom. The van der Waals surface area contributed by atoms with Gasteiger partial charge < -0.3 is 31.9 Å². The molecule has 0 amide bonds. The SMILES string of the molecule is CCC(C)Nc1nc(Nc2ccc(/C=C/c3ccc(Nc4nc(Nc5cc(S(=O)(=O)O)ccc5S(=O)(=O)O)nc(NC(C)CC)n4)cc3S(=O)(=O)O)c(S(=O)(=O)O)c2)nc(Nc2cc(S(=O)(=O)O)ccc2S(=O)(=O)O)n1. The lowest BCUT2D eigenvalue weighted by molar-refractivity contribution is 0.479. The lowest BCUT2D eigenvalue weighted by Crippen LogP contribution is -2.17. The van der Waals surface area contributed by atoms with Crippen LogP contribution in [-0.4, -0.2) is 120 Å². The summed E-state index contributed by atoms with van der Waals surface area (Å²) in [5.74, 6) is -1.97. The molecule has 2 atom stereocenters. The molecule has 408 valence electrons.